The van der Waals surface area contributed by atoms with Crippen molar-refractivity contribution in [1.29, 1.82) is 0 Å². The number of nitrogens with one attached hydrogen (secondary N) is 1. The first-order valence-corrected chi connectivity index (χ1v) is 6.39. The van der Waals surface area contributed by atoms with Crippen LogP contribution in [0.25, 0.3) is 0 Å². The second-order valence-electron chi connectivity index (χ2n) is 6.44. The maximum Gasteiger partial charge on any atom is 0.159 e. The van der Waals surface area contributed by atoms with E-state index in [0.29, 0.717) is 6.04 Å². The Bertz CT molecular complexity index is 452. The molecule has 0 heterocycles. The highest BCUT2D eigenvalue weighted by atomic mass is 19.2. The number of hydrogen-bond acceptors (Lipinski definition) is 1. The van der Waals surface area contributed by atoms with Crippen LogP contribution in [0.3, 0.4) is 0 Å². The number of halogens is 2. The molecule has 0 aliphatic heterocycles. The Morgan fingerprint density at radius 1 is 1.06 bits per heavy atom. The first-order chi connectivity index (χ1) is 8.18. The van der Waals surface area contributed by atoms with Gasteiger partial charge in [-0.15, -0.1) is 0 Å². The molecule has 0 bridgehead atoms. The van der Waals surface area contributed by atoms with Crippen molar-refractivity contribution in [1.82, 2.24) is 5.32 Å². The van der Waals surface area contributed by atoms with Crippen LogP contribution < -0.4 is 5.32 Å². The van der Waals surface area contributed by atoms with Gasteiger partial charge in [0.1, 0.15) is 0 Å². The van der Waals surface area contributed by atoms with E-state index in [1.807, 2.05) is 6.92 Å². The molecule has 0 spiro atoms. The quantitative estimate of drug-likeness (QED) is 0.857. The van der Waals surface area contributed by atoms with Gasteiger partial charge in [-0.05, 0) is 35.4 Å². The fourth-order valence-electron chi connectivity index (χ4n) is 2.74. The maximum absolute atomic E-state index is 13.2. The second-order valence-corrected chi connectivity index (χ2v) is 6.44. The highest BCUT2D eigenvalue weighted by Gasteiger charge is 2.64. The van der Waals surface area contributed by atoms with Gasteiger partial charge in [-0.3, -0.25) is 0 Å². The average molecular weight is 253 g/mol. The molecule has 1 unspecified atom stereocenters. The summed E-state index contributed by atoms with van der Waals surface area (Å²) in [4.78, 5) is 0. The number of rotatable bonds is 3. The van der Waals surface area contributed by atoms with Crippen LogP contribution in [0.2, 0.25) is 0 Å². The van der Waals surface area contributed by atoms with Gasteiger partial charge in [0.05, 0.1) is 0 Å². The molecule has 1 fully saturated rings. The van der Waals surface area contributed by atoms with E-state index in [9.17, 15) is 8.78 Å². The van der Waals surface area contributed by atoms with Crippen LogP contribution in [0.1, 0.15) is 46.2 Å². The minimum Gasteiger partial charge on any atom is -0.306 e. The van der Waals surface area contributed by atoms with E-state index in [0.717, 1.165) is 5.56 Å². The average Bonchev–Trinajstić information content (AvgIpc) is 2.65. The summed E-state index contributed by atoms with van der Waals surface area (Å²) in [5, 5.41) is 3.51. The van der Waals surface area contributed by atoms with Crippen LogP contribution in [0, 0.1) is 22.5 Å². The van der Waals surface area contributed by atoms with Crippen molar-refractivity contribution in [3.05, 3.63) is 35.4 Å². The third kappa shape index (κ3) is 1.95. The molecule has 1 aromatic carbocycles. The van der Waals surface area contributed by atoms with Gasteiger partial charge in [0.2, 0.25) is 0 Å². The smallest absolute Gasteiger partial charge is 0.159 e. The molecule has 1 atom stereocenters. The number of hydrogen-bond donors (Lipinski definition) is 1. The van der Waals surface area contributed by atoms with E-state index < -0.39 is 11.6 Å². The van der Waals surface area contributed by atoms with Crippen LogP contribution in [0.4, 0.5) is 8.78 Å². The Morgan fingerprint density at radius 3 is 2.06 bits per heavy atom. The molecule has 1 nitrogen and oxygen atoms in total. The van der Waals surface area contributed by atoms with E-state index in [1.54, 1.807) is 6.07 Å². The highest BCUT2D eigenvalue weighted by molar-refractivity contribution is 5.24. The van der Waals surface area contributed by atoms with Gasteiger partial charge in [-0.2, -0.15) is 0 Å². The lowest BCUT2D eigenvalue weighted by Crippen LogP contribution is -2.25. The van der Waals surface area contributed by atoms with Crippen molar-refractivity contribution < 1.29 is 8.78 Å². The van der Waals surface area contributed by atoms with Crippen molar-refractivity contribution >= 4 is 0 Å². The first-order valence-electron chi connectivity index (χ1n) is 6.39. The van der Waals surface area contributed by atoms with Gasteiger partial charge in [0.15, 0.2) is 11.6 Å². The zero-order valence-corrected chi connectivity index (χ0v) is 11.6. The summed E-state index contributed by atoms with van der Waals surface area (Å²) in [6, 6.07) is 4.51. The molecule has 2 rings (SSSR count). The van der Waals surface area contributed by atoms with Crippen LogP contribution >= 0.6 is 0 Å². The molecular formula is C15H21F2N. The predicted molar refractivity (Wildman–Crippen MR) is 69.3 cm³/mol. The summed E-state index contributed by atoms with van der Waals surface area (Å²) in [7, 11) is 0. The van der Waals surface area contributed by atoms with Crippen molar-refractivity contribution in [3.63, 3.8) is 0 Å². The molecule has 3 heteroatoms. The number of benzene rings is 1. The zero-order valence-electron chi connectivity index (χ0n) is 11.6. The lowest BCUT2D eigenvalue weighted by Gasteiger charge is -2.16. The Kier molecular flexibility index (Phi) is 3.01. The molecule has 0 saturated heterocycles. The fourth-order valence-corrected chi connectivity index (χ4v) is 2.74. The minimum absolute atomic E-state index is 0.0196. The van der Waals surface area contributed by atoms with Crippen LogP contribution in [-0.4, -0.2) is 6.04 Å². The van der Waals surface area contributed by atoms with Gasteiger partial charge in [-0.25, -0.2) is 8.78 Å². The Labute approximate surface area is 108 Å². The topological polar surface area (TPSA) is 12.0 Å². The molecule has 0 amide bonds. The summed E-state index contributed by atoms with van der Waals surface area (Å²) in [5.74, 6) is -1.58. The lowest BCUT2D eigenvalue weighted by atomic mass is 10.0. The van der Waals surface area contributed by atoms with Crippen molar-refractivity contribution in [2.24, 2.45) is 10.8 Å². The second kappa shape index (κ2) is 4.02. The SMILES string of the molecule is CC(NC1C(C)(C)C1(C)C)c1ccc(F)c(F)c1. The third-order valence-corrected chi connectivity index (χ3v) is 4.88. The van der Waals surface area contributed by atoms with Gasteiger partial charge >= 0.3 is 0 Å². The summed E-state index contributed by atoms with van der Waals surface area (Å²) >= 11 is 0. The molecule has 1 N–H and O–H groups in total. The summed E-state index contributed by atoms with van der Waals surface area (Å²) in [6.45, 7) is 10.9. The van der Waals surface area contributed by atoms with Crippen molar-refractivity contribution in [2.75, 3.05) is 0 Å². The van der Waals surface area contributed by atoms with Gasteiger partial charge in [0.25, 0.3) is 0 Å². The standard InChI is InChI=1S/C15H21F2N/c1-9(10-6-7-11(16)12(17)8-10)18-13-14(2,3)15(13,4)5/h6-9,13,18H,1-5H3. The minimum atomic E-state index is -0.793. The van der Waals surface area contributed by atoms with Crippen molar-refractivity contribution in [3.8, 4) is 0 Å². The Morgan fingerprint density at radius 2 is 1.61 bits per heavy atom. The molecule has 1 aromatic rings. The molecule has 0 aromatic heterocycles. The maximum atomic E-state index is 13.2. The largest absolute Gasteiger partial charge is 0.306 e. The summed E-state index contributed by atoms with van der Waals surface area (Å²) < 4.78 is 26.1. The van der Waals surface area contributed by atoms with E-state index in [2.05, 4.69) is 33.0 Å². The van der Waals surface area contributed by atoms with Crippen LogP contribution in [0.15, 0.2) is 18.2 Å². The first kappa shape index (κ1) is 13.5. The predicted octanol–water partition coefficient (Wildman–Crippen LogP) is 4.05. The van der Waals surface area contributed by atoms with Gasteiger partial charge < -0.3 is 5.32 Å². The third-order valence-electron chi connectivity index (χ3n) is 4.88. The molecule has 18 heavy (non-hydrogen) atoms. The molecule has 100 valence electrons. The summed E-state index contributed by atoms with van der Waals surface area (Å²) in [5.41, 5.74) is 1.26. The molecular weight excluding hydrogens is 232 g/mol. The molecule has 0 radical (unpaired) electrons. The monoisotopic (exact) mass is 253 g/mol. The normalized spacial score (nSPS) is 22.8. The molecule has 1 saturated carbocycles. The lowest BCUT2D eigenvalue weighted by molar-refractivity contribution is 0.457. The Hall–Kier alpha value is -0.960. The molecule has 1 aliphatic carbocycles. The van der Waals surface area contributed by atoms with Gasteiger partial charge in [0, 0.05) is 12.1 Å². The van der Waals surface area contributed by atoms with E-state index in [-0.39, 0.29) is 16.9 Å². The van der Waals surface area contributed by atoms with Crippen molar-refractivity contribution in [2.45, 2.75) is 46.7 Å². The van der Waals surface area contributed by atoms with Crippen LogP contribution in [0.5, 0.6) is 0 Å². The van der Waals surface area contributed by atoms with Gasteiger partial charge in [-0.1, -0.05) is 33.8 Å². The zero-order chi connectivity index (χ0) is 13.7. The van der Waals surface area contributed by atoms with E-state index in [1.165, 1.54) is 12.1 Å². The van der Waals surface area contributed by atoms with E-state index >= 15 is 0 Å². The highest BCUT2D eigenvalue weighted by Crippen LogP contribution is 2.63. The molecule has 1 aliphatic rings. The summed E-state index contributed by atoms with van der Waals surface area (Å²) in [6.07, 6.45) is 0. The van der Waals surface area contributed by atoms with E-state index in [4.69, 9.17) is 0 Å². The fraction of sp³-hybridized carbons (Fsp3) is 0.600. The van der Waals surface area contributed by atoms with Crippen LogP contribution in [-0.2, 0) is 0 Å². The Balaban J connectivity index is 2.10.